The van der Waals surface area contributed by atoms with Gasteiger partial charge in [-0.15, -0.1) is 0 Å². The second-order valence-electron chi connectivity index (χ2n) is 3.16. The second kappa shape index (κ2) is 3.54. The summed E-state index contributed by atoms with van der Waals surface area (Å²) in [5, 5.41) is 4.22. The number of hydrogen-bond acceptors (Lipinski definition) is 2. The van der Waals surface area contributed by atoms with Crippen molar-refractivity contribution < 1.29 is 4.74 Å². The third-order valence-corrected chi connectivity index (χ3v) is 2.03. The van der Waals surface area contributed by atoms with Crippen LogP contribution in [0.25, 0.3) is 5.69 Å². The molecule has 2 rings (SSSR count). The molecule has 0 bridgehead atoms. The van der Waals surface area contributed by atoms with Crippen molar-refractivity contribution in [2.45, 2.75) is 6.92 Å². The summed E-state index contributed by atoms with van der Waals surface area (Å²) in [4.78, 5) is 0. The van der Waals surface area contributed by atoms with Gasteiger partial charge in [0.25, 0.3) is 0 Å². The van der Waals surface area contributed by atoms with Gasteiger partial charge in [-0.2, -0.15) is 5.10 Å². The maximum absolute atomic E-state index is 5.14. The van der Waals surface area contributed by atoms with E-state index in [-0.39, 0.29) is 0 Å². The van der Waals surface area contributed by atoms with Gasteiger partial charge in [0.2, 0.25) is 0 Å². The Morgan fingerprint density at radius 1 is 1.36 bits per heavy atom. The molecule has 0 radical (unpaired) electrons. The number of hydrogen-bond donors (Lipinski definition) is 0. The summed E-state index contributed by atoms with van der Waals surface area (Å²) in [5.41, 5.74) is 2.16. The summed E-state index contributed by atoms with van der Waals surface area (Å²) in [6.07, 6.45) is 3.81. The van der Waals surface area contributed by atoms with Gasteiger partial charge in [-0.25, -0.2) is 4.68 Å². The molecule has 0 aliphatic carbocycles. The SMILES string of the molecule is COc1cccc(-n2cc(C)cn2)c1. The second-order valence-corrected chi connectivity index (χ2v) is 3.16. The van der Waals surface area contributed by atoms with E-state index < -0.39 is 0 Å². The predicted molar refractivity (Wildman–Crippen MR) is 54.9 cm³/mol. The Morgan fingerprint density at radius 3 is 2.86 bits per heavy atom. The third kappa shape index (κ3) is 1.62. The molecular weight excluding hydrogens is 176 g/mol. The lowest BCUT2D eigenvalue weighted by atomic mass is 10.3. The molecule has 14 heavy (non-hydrogen) atoms. The van der Waals surface area contributed by atoms with Crippen molar-refractivity contribution in [2.75, 3.05) is 7.11 Å². The molecule has 0 atom stereocenters. The zero-order chi connectivity index (χ0) is 9.97. The molecule has 2 aromatic rings. The number of aromatic nitrogens is 2. The van der Waals surface area contributed by atoms with E-state index in [9.17, 15) is 0 Å². The Hall–Kier alpha value is -1.77. The summed E-state index contributed by atoms with van der Waals surface area (Å²) in [6, 6.07) is 7.81. The zero-order valence-corrected chi connectivity index (χ0v) is 8.27. The molecule has 0 aliphatic heterocycles. The van der Waals surface area contributed by atoms with Crippen LogP contribution in [0.4, 0.5) is 0 Å². The molecule has 0 amide bonds. The molecule has 1 aromatic heterocycles. The number of benzene rings is 1. The predicted octanol–water partition coefficient (Wildman–Crippen LogP) is 2.19. The molecular formula is C11H12N2O. The lowest BCUT2D eigenvalue weighted by Crippen LogP contribution is -1.94. The maximum Gasteiger partial charge on any atom is 0.121 e. The molecule has 72 valence electrons. The van der Waals surface area contributed by atoms with Gasteiger partial charge in [0.15, 0.2) is 0 Å². The third-order valence-electron chi connectivity index (χ3n) is 2.03. The summed E-state index contributed by atoms with van der Waals surface area (Å²) in [5.74, 6) is 0.843. The van der Waals surface area contributed by atoms with Gasteiger partial charge in [-0.05, 0) is 24.6 Å². The van der Waals surface area contributed by atoms with Crippen LogP contribution in [-0.4, -0.2) is 16.9 Å². The van der Waals surface area contributed by atoms with Crippen molar-refractivity contribution in [3.05, 3.63) is 42.2 Å². The topological polar surface area (TPSA) is 27.1 Å². The molecule has 0 aliphatic rings. The van der Waals surface area contributed by atoms with Crippen LogP contribution in [0, 0.1) is 6.92 Å². The molecule has 1 heterocycles. The summed E-state index contributed by atoms with van der Waals surface area (Å²) >= 11 is 0. The van der Waals surface area contributed by atoms with Crippen molar-refractivity contribution in [3.8, 4) is 11.4 Å². The lowest BCUT2D eigenvalue weighted by molar-refractivity contribution is 0.414. The molecule has 1 aromatic carbocycles. The Kier molecular flexibility index (Phi) is 2.23. The van der Waals surface area contributed by atoms with Gasteiger partial charge in [0, 0.05) is 12.3 Å². The van der Waals surface area contributed by atoms with Crippen LogP contribution >= 0.6 is 0 Å². The van der Waals surface area contributed by atoms with Crippen molar-refractivity contribution in [3.63, 3.8) is 0 Å². The highest BCUT2D eigenvalue weighted by molar-refractivity contribution is 5.38. The summed E-state index contributed by atoms with van der Waals surface area (Å²) in [6.45, 7) is 2.02. The lowest BCUT2D eigenvalue weighted by Gasteiger charge is -2.03. The Morgan fingerprint density at radius 2 is 2.21 bits per heavy atom. The van der Waals surface area contributed by atoms with Crippen LogP contribution in [0.2, 0.25) is 0 Å². The molecule has 0 spiro atoms. The smallest absolute Gasteiger partial charge is 0.121 e. The number of nitrogens with zero attached hydrogens (tertiary/aromatic N) is 2. The van der Waals surface area contributed by atoms with E-state index in [1.54, 1.807) is 7.11 Å². The van der Waals surface area contributed by atoms with Crippen LogP contribution in [0.15, 0.2) is 36.7 Å². The van der Waals surface area contributed by atoms with E-state index >= 15 is 0 Å². The average Bonchev–Trinajstić information content (AvgIpc) is 2.65. The van der Waals surface area contributed by atoms with Crippen LogP contribution < -0.4 is 4.74 Å². The standard InChI is InChI=1S/C11H12N2O/c1-9-7-12-13(8-9)10-4-3-5-11(6-10)14-2/h3-8H,1-2H3. The summed E-state index contributed by atoms with van der Waals surface area (Å²) < 4.78 is 6.97. The van der Waals surface area contributed by atoms with Gasteiger partial charge in [-0.1, -0.05) is 6.07 Å². The zero-order valence-electron chi connectivity index (χ0n) is 8.27. The van der Waals surface area contributed by atoms with Gasteiger partial charge in [-0.3, -0.25) is 0 Å². The molecule has 0 N–H and O–H groups in total. The van der Waals surface area contributed by atoms with Gasteiger partial charge in [0.05, 0.1) is 19.0 Å². The first kappa shape index (κ1) is 8.81. The van der Waals surface area contributed by atoms with E-state index in [0.717, 1.165) is 17.0 Å². The molecule has 0 fully saturated rings. The van der Waals surface area contributed by atoms with Crippen LogP contribution in [0.3, 0.4) is 0 Å². The minimum atomic E-state index is 0.843. The van der Waals surface area contributed by atoms with E-state index in [4.69, 9.17) is 4.74 Å². The Bertz CT molecular complexity index is 434. The van der Waals surface area contributed by atoms with Gasteiger partial charge >= 0.3 is 0 Å². The van der Waals surface area contributed by atoms with E-state index in [1.807, 2.05) is 48.3 Å². The van der Waals surface area contributed by atoms with Crippen LogP contribution in [-0.2, 0) is 0 Å². The highest BCUT2D eigenvalue weighted by atomic mass is 16.5. The molecule has 0 unspecified atom stereocenters. The first-order chi connectivity index (χ1) is 6.79. The van der Waals surface area contributed by atoms with Crippen LogP contribution in [0.5, 0.6) is 5.75 Å². The van der Waals surface area contributed by atoms with Gasteiger partial charge in [0.1, 0.15) is 5.75 Å². The highest BCUT2D eigenvalue weighted by Gasteiger charge is 1.98. The fraction of sp³-hybridized carbons (Fsp3) is 0.182. The summed E-state index contributed by atoms with van der Waals surface area (Å²) in [7, 11) is 1.66. The van der Waals surface area contributed by atoms with Crippen molar-refractivity contribution in [1.29, 1.82) is 0 Å². The first-order valence-electron chi connectivity index (χ1n) is 4.45. The maximum atomic E-state index is 5.14. The molecule has 0 saturated carbocycles. The average molecular weight is 188 g/mol. The fourth-order valence-corrected chi connectivity index (χ4v) is 1.31. The highest BCUT2D eigenvalue weighted by Crippen LogP contribution is 2.15. The molecule has 3 heteroatoms. The molecule has 0 saturated heterocycles. The monoisotopic (exact) mass is 188 g/mol. The number of aryl methyl sites for hydroxylation is 1. The van der Waals surface area contributed by atoms with Crippen molar-refractivity contribution >= 4 is 0 Å². The fourth-order valence-electron chi connectivity index (χ4n) is 1.31. The molecule has 3 nitrogen and oxygen atoms in total. The number of ether oxygens (including phenoxy) is 1. The van der Waals surface area contributed by atoms with Crippen molar-refractivity contribution in [2.24, 2.45) is 0 Å². The minimum Gasteiger partial charge on any atom is -0.497 e. The van der Waals surface area contributed by atoms with E-state index in [0.29, 0.717) is 0 Å². The van der Waals surface area contributed by atoms with E-state index in [1.165, 1.54) is 0 Å². The van der Waals surface area contributed by atoms with Crippen molar-refractivity contribution in [1.82, 2.24) is 9.78 Å². The first-order valence-corrected chi connectivity index (χ1v) is 4.45. The number of rotatable bonds is 2. The van der Waals surface area contributed by atoms with E-state index in [2.05, 4.69) is 5.10 Å². The Labute approximate surface area is 82.9 Å². The quantitative estimate of drug-likeness (QED) is 0.722. The largest absolute Gasteiger partial charge is 0.497 e. The Balaban J connectivity index is 2.41. The minimum absolute atomic E-state index is 0.843. The van der Waals surface area contributed by atoms with Crippen LogP contribution in [0.1, 0.15) is 5.56 Å². The number of methoxy groups -OCH3 is 1. The van der Waals surface area contributed by atoms with Gasteiger partial charge < -0.3 is 4.74 Å². The normalized spacial score (nSPS) is 10.1.